The molecule has 2 aromatic heterocycles. The van der Waals surface area contributed by atoms with E-state index >= 15 is 0 Å². The van der Waals surface area contributed by atoms with E-state index in [4.69, 9.17) is 5.73 Å². The Balaban J connectivity index is 1.78. The van der Waals surface area contributed by atoms with E-state index in [1.807, 2.05) is 17.8 Å². The molecule has 4 rings (SSSR count). The van der Waals surface area contributed by atoms with E-state index in [2.05, 4.69) is 15.5 Å². The van der Waals surface area contributed by atoms with Gasteiger partial charge in [0.1, 0.15) is 5.82 Å². The Bertz CT molecular complexity index is 952. The number of aromatic nitrogens is 2. The molecule has 1 aliphatic rings. The van der Waals surface area contributed by atoms with E-state index in [1.54, 1.807) is 12.1 Å². The highest BCUT2D eigenvalue weighted by atomic mass is 32.2. The van der Waals surface area contributed by atoms with Crippen LogP contribution < -0.4 is 11.1 Å². The largest absolute Gasteiger partial charge is 0.364 e. The number of nitrogens with zero attached hydrogens (tertiary/aromatic N) is 2. The highest BCUT2D eigenvalue weighted by Gasteiger charge is 2.20. The van der Waals surface area contributed by atoms with Gasteiger partial charge in [-0.25, -0.2) is 4.39 Å². The van der Waals surface area contributed by atoms with Crippen LogP contribution in [0.2, 0.25) is 0 Å². The molecule has 1 fully saturated rings. The Hall–Kier alpha value is -2.19. The zero-order valence-corrected chi connectivity index (χ0v) is 15.5. The molecule has 0 radical (unpaired) electrons. The summed E-state index contributed by atoms with van der Waals surface area (Å²) in [6.07, 6.45) is 2.26. The third-order valence-corrected chi connectivity index (χ3v) is 6.72. The van der Waals surface area contributed by atoms with Gasteiger partial charge in [0.2, 0.25) is 0 Å². The Labute approximate surface area is 158 Å². The molecule has 5 nitrogen and oxygen atoms in total. The van der Waals surface area contributed by atoms with Crippen LogP contribution in [0.15, 0.2) is 30.3 Å². The molecule has 0 spiro atoms. The molecule has 3 N–H and O–H groups in total. The van der Waals surface area contributed by atoms with Gasteiger partial charge in [-0.1, -0.05) is 12.1 Å². The summed E-state index contributed by atoms with van der Waals surface area (Å²) < 4.78 is 13.9. The predicted octanol–water partition coefficient (Wildman–Crippen LogP) is 3.90. The van der Waals surface area contributed by atoms with E-state index in [-0.39, 0.29) is 11.5 Å². The van der Waals surface area contributed by atoms with Gasteiger partial charge in [-0.05, 0) is 42.4 Å². The summed E-state index contributed by atoms with van der Waals surface area (Å²) in [6.45, 7) is 0. The highest BCUT2D eigenvalue weighted by molar-refractivity contribution is 7.99. The summed E-state index contributed by atoms with van der Waals surface area (Å²) in [5, 5.41) is 12.6. The number of hydrogen-bond acceptors (Lipinski definition) is 6. The molecule has 26 heavy (non-hydrogen) atoms. The maximum Gasteiger partial charge on any atom is 0.270 e. The van der Waals surface area contributed by atoms with Crippen LogP contribution in [0, 0.1) is 5.82 Å². The van der Waals surface area contributed by atoms with Crippen molar-refractivity contribution in [3.63, 3.8) is 0 Å². The number of carbonyl (C=O) groups excluding carboxylic acids is 1. The summed E-state index contributed by atoms with van der Waals surface area (Å²) in [5.41, 5.74) is 6.52. The van der Waals surface area contributed by atoms with E-state index in [9.17, 15) is 9.18 Å². The van der Waals surface area contributed by atoms with Gasteiger partial charge in [-0.15, -0.1) is 21.5 Å². The van der Waals surface area contributed by atoms with Crippen molar-refractivity contribution in [2.75, 3.05) is 16.8 Å². The number of carbonyl (C=O) groups is 1. The number of primary amides is 1. The molecule has 3 aromatic rings. The van der Waals surface area contributed by atoms with Crippen LogP contribution in [0.5, 0.6) is 0 Å². The molecule has 0 saturated carbocycles. The minimum atomic E-state index is -0.602. The van der Waals surface area contributed by atoms with Crippen LogP contribution in [0.25, 0.3) is 20.5 Å². The number of anilines is 1. The number of amides is 1. The average Bonchev–Trinajstić information content (AvgIpc) is 3.09. The second-order valence-electron chi connectivity index (χ2n) is 6.18. The van der Waals surface area contributed by atoms with E-state index in [0.29, 0.717) is 16.6 Å². The van der Waals surface area contributed by atoms with Gasteiger partial charge in [0.05, 0.1) is 4.70 Å². The molecule has 1 aromatic carbocycles. The molecule has 1 aliphatic heterocycles. The number of benzene rings is 1. The van der Waals surface area contributed by atoms with Gasteiger partial charge < -0.3 is 11.1 Å². The molecular weight excluding hydrogens is 371 g/mol. The standard InChI is InChI=1S/C18H17FN4OS2/c19-11-5-3-10(4-6-11)14-8-13-16(26-14)15(17(20)24)22-23-18(13)21-12-2-1-7-25-9-12/h3-6,8,12H,1-2,7,9H2,(H2,20,24)(H,21,23). The first-order valence-electron chi connectivity index (χ1n) is 8.32. The SMILES string of the molecule is NC(=O)c1nnc(NC2CCCSC2)c2cc(-c3ccc(F)cc3)sc12. The van der Waals surface area contributed by atoms with E-state index < -0.39 is 5.91 Å². The number of rotatable bonds is 4. The van der Waals surface area contributed by atoms with E-state index in [0.717, 1.165) is 28.0 Å². The zero-order valence-electron chi connectivity index (χ0n) is 13.9. The summed E-state index contributed by atoms with van der Waals surface area (Å²) >= 11 is 3.34. The minimum absolute atomic E-state index is 0.168. The topological polar surface area (TPSA) is 80.9 Å². The van der Waals surface area contributed by atoms with Crippen LogP contribution in [0.1, 0.15) is 23.3 Å². The molecule has 0 bridgehead atoms. The molecule has 3 heterocycles. The number of hydrogen-bond donors (Lipinski definition) is 2. The lowest BCUT2D eigenvalue weighted by molar-refractivity contribution is 0.0996. The monoisotopic (exact) mass is 388 g/mol. The molecule has 1 atom stereocenters. The summed E-state index contributed by atoms with van der Waals surface area (Å²) in [5.74, 6) is 1.99. The average molecular weight is 388 g/mol. The fourth-order valence-corrected chi connectivity index (χ4v) is 5.24. The Kier molecular flexibility index (Phi) is 4.78. The maximum absolute atomic E-state index is 13.2. The highest BCUT2D eigenvalue weighted by Crippen LogP contribution is 2.38. The number of nitrogens with one attached hydrogen (secondary N) is 1. The van der Waals surface area contributed by atoms with Crippen LogP contribution in [0.4, 0.5) is 10.2 Å². The van der Waals surface area contributed by atoms with Crippen LogP contribution >= 0.6 is 23.1 Å². The summed E-state index contributed by atoms with van der Waals surface area (Å²) in [7, 11) is 0. The normalized spacial score (nSPS) is 17.3. The lowest BCUT2D eigenvalue weighted by Crippen LogP contribution is -2.26. The third kappa shape index (κ3) is 3.39. The maximum atomic E-state index is 13.2. The number of fused-ring (bicyclic) bond motifs is 1. The Morgan fingerprint density at radius 3 is 2.77 bits per heavy atom. The number of halogens is 1. The first kappa shape index (κ1) is 17.2. The third-order valence-electron chi connectivity index (χ3n) is 4.32. The fraction of sp³-hybridized carbons (Fsp3) is 0.278. The van der Waals surface area contributed by atoms with Crippen molar-refractivity contribution in [3.05, 3.63) is 41.8 Å². The van der Waals surface area contributed by atoms with Gasteiger partial charge in [0.15, 0.2) is 11.5 Å². The van der Waals surface area contributed by atoms with Crippen molar-refractivity contribution >= 4 is 44.9 Å². The number of nitrogens with two attached hydrogens (primary N) is 1. The van der Waals surface area contributed by atoms with Gasteiger partial charge >= 0.3 is 0 Å². The molecule has 1 saturated heterocycles. The van der Waals surface area contributed by atoms with Crippen LogP contribution in [-0.2, 0) is 0 Å². The van der Waals surface area contributed by atoms with Crippen LogP contribution in [0.3, 0.4) is 0 Å². The van der Waals surface area contributed by atoms with Gasteiger partial charge in [-0.3, -0.25) is 4.79 Å². The van der Waals surface area contributed by atoms with Crippen molar-refractivity contribution in [2.24, 2.45) is 5.73 Å². The summed E-state index contributed by atoms with van der Waals surface area (Å²) in [6, 6.07) is 8.57. The van der Waals surface area contributed by atoms with Crippen molar-refractivity contribution in [3.8, 4) is 10.4 Å². The molecule has 1 amide bonds. The lowest BCUT2D eigenvalue weighted by atomic mass is 10.1. The summed E-state index contributed by atoms with van der Waals surface area (Å²) in [4.78, 5) is 12.7. The Morgan fingerprint density at radius 2 is 2.08 bits per heavy atom. The van der Waals surface area contributed by atoms with Gasteiger partial charge in [0, 0.05) is 22.1 Å². The van der Waals surface area contributed by atoms with Crippen molar-refractivity contribution in [1.82, 2.24) is 10.2 Å². The fourth-order valence-electron chi connectivity index (χ4n) is 3.01. The molecule has 0 aliphatic carbocycles. The second kappa shape index (κ2) is 7.20. The quantitative estimate of drug-likeness (QED) is 0.708. The van der Waals surface area contributed by atoms with E-state index in [1.165, 1.54) is 35.6 Å². The first-order valence-corrected chi connectivity index (χ1v) is 10.3. The molecule has 134 valence electrons. The second-order valence-corrected chi connectivity index (χ2v) is 8.38. The number of thioether (sulfide) groups is 1. The van der Waals surface area contributed by atoms with Gasteiger partial charge in [0.25, 0.3) is 5.91 Å². The smallest absolute Gasteiger partial charge is 0.270 e. The zero-order chi connectivity index (χ0) is 18.1. The van der Waals surface area contributed by atoms with Crippen molar-refractivity contribution in [1.29, 1.82) is 0 Å². The predicted molar refractivity (Wildman–Crippen MR) is 105 cm³/mol. The minimum Gasteiger partial charge on any atom is -0.364 e. The van der Waals surface area contributed by atoms with Crippen molar-refractivity contribution < 1.29 is 9.18 Å². The van der Waals surface area contributed by atoms with Crippen LogP contribution in [-0.4, -0.2) is 33.7 Å². The number of thiophene rings is 1. The molecular formula is C18H17FN4OS2. The lowest BCUT2D eigenvalue weighted by Gasteiger charge is -2.23. The molecule has 8 heteroatoms. The molecule has 1 unspecified atom stereocenters. The Morgan fingerprint density at radius 1 is 1.27 bits per heavy atom. The van der Waals surface area contributed by atoms with Gasteiger partial charge in [-0.2, -0.15) is 11.8 Å². The van der Waals surface area contributed by atoms with Crippen molar-refractivity contribution in [2.45, 2.75) is 18.9 Å². The first-order chi connectivity index (χ1) is 12.6.